The second kappa shape index (κ2) is 8.57. The molecule has 2 aliphatic heterocycles. The molecule has 1 aromatic carbocycles. The predicted octanol–water partition coefficient (Wildman–Crippen LogP) is 3.75. The predicted molar refractivity (Wildman–Crippen MR) is 113 cm³/mol. The van der Waals surface area contributed by atoms with Crippen LogP contribution in [0.5, 0.6) is 0 Å². The van der Waals surface area contributed by atoms with E-state index in [1.165, 1.54) is 18.2 Å². The minimum Gasteiger partial charge on any atom is -0.321 e. The quantitative estimate of drug-likeness (QED) is 0.609. The van der Waals surface area contributed by atoms with Crippen LogP contribution in [0.2, 0.25) is 0 Å². The number of anilines is 1. The molecule has 1 aromatic rings. The van der Waals surface area contributed by atoms with Crippen LogP contribution >= 0.6 is 0 Å². The summed E-state index contributed by atoms with van der Waals surface area (Å²) >= 11 is 0. The molecular formula is C22H25F4N5O. The molecular weight excluding hydrogens is 426 g/mol. The number of carbonyl (C=O) groups excluding carboxylic acids is 1. The molecule has 0 saturated heterocycles. The summed E-state index contributed by atoms with van der Waals surface area (Å²) in [6, 6.07) is 3.37. The monoisotopic (exact) mass is 451 g/mol. The molecule has 1 amide bonds. The fourth-order valence-electron chi connectivity index (χ4n) is 4.31. The highest BCUT2D eigenvalue weighted by Crippen LogP contribution is 2.35. The van der Waals surface area contributed by atoms with Crippen molar-refractivity contribution in [3.05, 3.63) is 53.8 Å². The van der Waals surface area contributed by atoms with Gasteiger partial charge in [-0.15, -0.1) is 0 Å². The zero-order valence-corrected chi connectivity index (χ0v) is 17.4. The van der Waals surface area contributed by atoms with Crippen molar-refractivity contribution >= 4 is 17.4 Å². The van der Waals surface area contributed by atoms with Gasteiger partial charge in [-0.25, -0.2) is 17.6 Å². The maximum atomic E-state index is 14.0. The summed E-state index contributed by atoms with van der Waals surface area (Å²) in [4.78, 5) is 17.3. The van der Waals surface area contributed by atoms with Crippen LogP contribution in [-0.4, -0.2) is 40.8 Å². The minimum atomic E-state index is -2.97. The number of nitrogens with two attached hydrogens (primary N) is 1. The highest BCUT2D eigenvalue weighted by molar-refractivity contribution is 6.05. The Morgan fingerprint density at radius 1 is 1.34 bits per heavy atom. The number of hydrogen-bond acceptors (Lipinski definition) is 4. The summed E-state index contributed by atoms with van der Waals surface area (Å²) in [6.45, 7) is 1.91. The number of para-hydroxylation sites is 1. The number of nitrogens with zero attached hydrogens (tertiary/aromatic N) is 2. The molecule has 3 aliphatic rings. The Balaban J connectivity index is 1.53. The maximum Gasteiger partial charge on any atom is 0.273 e. The normalized spacial score (nSPS) is 30.2. The largest absolute Gasteiger partial charge is 0.321 e. The number of amides is 1. The Morgan fingerprint density at radius 3 is 2.84 bits per heavy atom. The van der Waals surface area contributed by atoms with Crippen LogP contribution < -0.4 is 16.5 Å². The van der Waals surface area contributed by atoms with Gasteiger partial charge < -0.3 is 11.1 Å². The zero-order chi connectivity index (χ0) is 23.0. The van der Waals surface area contributed by atoms with Crippen LogP contribution in [0, 0.1) is 5.92 Å². The summed E-state index contributed by atoms with van der Waals surface area (Å²) in [5.74, 6) is -3.26. The van der Waals surface area contributed by atoms with Crippen LogP contribution in [0.25, 0.3) is 0 Å². The molecule has 0 aromatic heterocycles. The fourth-order valence-corrected chi connectivity index (χ4v) is 4.31. The van der Waals surface area contributed by atoms with Gasteiger partial charge in [-0.3, -0.25) is 20.2 Å². The molecule has 2 unspecified atom stereocenters. The van der Waals surface area contributed by atoms with E-state index in [4.69, 9.17) is 5.73 Å². The van der Waals surface area contributed by atoms with E-state index >= 15 is 0 Å². The van der Waals surface area contributed by atoms with Gasteiger partial charge in [-0.1, -0.05) is 31.2 Å². The van der Waals surface area contributed by atoms with Gasteiger partial charge in [-0.2, -0.15) is 0 Å². The molecule has 2 heterocycles. The maximum absolute atomic E-state index is 14.0. The summed E-state index contributed by atoms with van der Waals surface area (Å²) < 4.78 is 54.5. The lowest BCUT2D eigenvalue weighted by atomic mass is 9.88. The van der Waals surface area contributed by atoms with E-state index in [2.05, 4.69) is 15.7 Å². The molecule has 0 bridgehead atoms. The van der Waals surface area contributed by atoms with Crippen LogP contribution in [0.4, 0.5) is 23.2 Å². The second-order valence-corrected chi connectivity index (χ2v) is 8.35. The van der Waals surface area contributed by atoms with Gasteiger partial charge in [0, 0.05) is 23.6 Å². The van der Waals surface area contributed by atoms with Crippen molar-refractivity contribution in [2.24, 2.45) is 16.6 Å². The molecule has 1 fully saturated rings. The number of hydrogen-bond donors (Lipinski definition) is 3. The number of halogens is 4. The molecule has 172 valence electrons. The fraction of sp³-hybridized carbons (Fsp3) is 0.455. The van der Waals surface area contributed by atoms with E-state index in [1.54, 1.807) is 23.2 Å². The number of fused-ring (bicyclic) bond motifs is 1. The number of nitrogens with one attached hydrogen (secondary N) is 2. The Bertz CT molecular complexity index is 977. The Morgan fingerprint density at radius 2 is 2.09 bits per heavy atom. The van der Waals surface area contributed by atoms with Crippen molar-refractivity contribution in [2.75, 3.05) is 5.32 Å². The lowest BCUT2D eigenvalue weighted by Crippen LogP contribution is -2.54. The van der Waals surface area contributed by atoms with Crippen molar-refractivity contribution in [3.8, 4) is 0 Å². The van der Waals surface area contributed by atoms with Gasteiger partial charge in [0.15, 0.2) is 0 Å². The molecule has 0 radical (unpaired) electrons. The average molecular weight is 451 g/mol. The van der Waals surface area contributed by atoms with E-state index < -0.39 is 30.3 Å². The summed E-state index contributed by atoms with van der Waals surface area (Å²) in [5.41, 5.74) is 8.75. The highest BCUT2D eigenvalue weighted by atomic mass is 19.3. The number of aliphatic imine (C=N–C) groups is 1. The molecule has 4 N–H and O–H groups in total. The van der Waals surface area contributed by atoms with Crippen molar-refractivity contribution in [1.82, 2.24) is 10.4 Å². The first-order valence-electron chi connectivity index (χ1n) is 10.5. The van der Waals surface area contributed by atoms with Crippen molar-refractivity contribution in [1.29, 1.82) is 0 Å². The number of rotatable bonds is 4. The summed E-state index contributed by atoms with van der Waals surface area (Å²) in [6.07, 6.45) is 3.04. The van der Waals surface area contributed by atoms with Crippen LogP contribution in [0.15, 0.2) is 53.2 Å². The number of amidine groups is 1. The Kier molecular flexibility index (Phi) is 5.98. The average Bonchev–Trinajstić information content (AvgIpc) is 3.08. The van der Waals surface area contributed by atoms with E-state index in [0.717, 1.165) is 0 Å². The van der Waals surface area contributed by atoms with E-state index in [1.807, 2.05) is 13.0 Å². The number of carbonyl (C=O) groups is 1. The van der Waals surface area contributed by atoms with E-state index in [9.17, 15) is 22.4 Å². The number of alkyl halides is 4. The lowest BCUT2D eigenvalue weighted by molar-refractivity contribution is -0.114. The third-order valence-corrected chi connectivity index (χ3v) is 6.10. The Hall–Kier alpha value is -2.88. The van der Waals surface area contributed by atoms with Gasteiger partial charge in [0.05, 0.1) is 18.1 Å². The number of benzene rings is 1. The van der Waals surface area contributed by atoms with Gasteiger partial charge in [0.25, 0.3) is 18.3 Å². The molecule has 4 rings (SSSR count). The molecule has 0 spiro atoms. The van der Waals surface area contributed by atoms with Crippen LogP contribution in [-0.2, 0) is 4.79 Å². The highest BCUT2D eigenvalue weighted by Gasteiger charge is 2.45. The van der Waals surface area contributed by atoms with Crippen molar-refractivity contribution < 1.29 is 22.4 Å². The first kappa shape index (κ1) is 22.3. The molecule has 10 heteroatoms. The van der Waals surface area contributed by atoms with Crippen LogP contribution in [0.1, 0.15) is 38.2 Å². The third-order valence-electron chi connectivity index (χ3n) is 6.10. The first-order valence-corrected chi connectivity index (χ1v) is 10.5. The molecule has 32 heavy (non-hydrogen) atoms. The van der Waals surface area contributed by atoms with Crippen molar-refractivity contribution in [3.63, 3.8) is 0 Å². The first-order chi connectivity index (χ1) is 15.2. The molecule has 4 atom stereocenters. The zero-order valence-electron chi connectivity index (χ0n) is 17.4. The summed E-state index contributed by atoms with van der Waals surface area (Å²) in [7, 11) is 0. The summed E-state index contributed by atoms with van der Waals surface area (Å²) in [5, 5.41) is 4.13. The molecule has 1 saturated carbocycles. The minimum absolute atomic E-state index is 0.0290. The van der Waals surface area contributed by atoms with Gasteiger partial charge >= 0.3 is 0 Å². The van der Waals surface area contributed by atoms with Gasteiger partial charge in [0.2, 0.25) is 0 Å². The lowest BCUT2D eigenvalue weighted by Gasteiger charge is -2.36. The molecule has 1 aliphatic carbocycles. The van der Waals surface area contributed by atoms with Crippen molar-refractivity contribution in [2.45, 2.75) is 56.7 Å². The van der Waals surface area contributed by atoms with Crippen LogP contribution in [0.3, 0.4) is 0 Å². The number of hydrazine groups is 1. The van der Waals surface area contributed by atoms with E-state index in [-0.39, 0.29) is 35.3 Å². The Labute approximate surface area is 183 Å². The smallest absolute Gasteiger partial charge is 0.273 e. The molecule has 6 nitrogen and oxygen atoms in total. The SMILES string of the molecule is CC1C=C(C(=O)Nc2ccccc2C(F)F)N2NC(=N[C@@H]3CCCC(F)(F)[C@@H]3N)C=CC12. The third kappa shape index (κ3) is 4.23. The second-order valence-electron chi connectivity index (χ2n) is 8.35. The van der Waals surface area contributed by atoms with Gasteiger partial charge in [0.1, 0.15) is 11.5 Å². The van der Waals surface area contributed by atoms with E-state index in [0.29, 0.717) is 18.7 Å². The topological polar surface area (TPSA) is 82.8 Å². The standard InChI is InChI=1S/C22H25F4N5O/c1-12-11-17(21(32)29-14-6-3-2-5-13(14)20(23)24)31-16(12)8-9-18(30-31)28-15-7-4-10-22(25,26)19(15)27/h2-3,5-6,8-9,11-12,15-16,19-20H,4,7,10,27H2,1H3,(H,28,30)(H,29,32)/t12?,15-,16?,19-/m1/s1. The van der Waals surface area contributed by atoms with Gasteiger partial charge in [-0.05, 0) is 31.1 Å².